The van der Waals surface area contributed by atoms with Crippen LogP contribution in [-0.4, -0.2) is 34.6 Å². The molecule has 0 aliphatic heterocycles. The number of hydrogen-bond acceptors (Lipinski definition) is 8. The van der Waals surface area contributed by atoms with Crippen molar-refractivity contribution >= 4 is 24.1 Å². The molecule has 0 spiro atoms. The minimum atomic E-state index is -4.53. The van der Waals surface area contributed by atoms with Crippen LogP contribution < -0.4 is 20.8 Å². The van der Waals surface area contributed by atoms with Gasteiger partial charge in [-0.1, -0.05) is 35.5 Å². The maximum absolute atomic E-state index is 12.9. The van der Waals surface area contributed by atoms with Gasteiger partial charge in [-0.2, -0.15) is 13.2 Å². The molecule has 0 aliphatic carbocycles. The van der Waals surface area contributed by atoms with E-state index in [1.165, 1.54) is 23.0 Å². The molecule has 4 N–H and O–H groups in total. The van der Waals surface area contributed by atoms with Crippen molar-refractivity contribution in [1.82, 2.24) is 10.4 Å². The summed E-state index contributed by atoms with van der Waals surface area (Å²) in [5.41, 5.74) is 8.48. The molecule has 2 aromatic heterocycles. The molecule has 4 aromatic rings. The van der Waals surface area contributed by atoms with Crippen LogP contribution >= 0.6 is 0 Å². The summed E-state index contributed by atoms with van der Waals surface area (Å²) in [6, 6.07) is 10.5. The third-order valence-corrected chi connectivity index (χ3v) is 5.28. The van der Waals surface area contributed by atoms with Gasteiger partial charge in [-0.25, -0.2) is 4.99 Å². The van der Waals surface area contributed by atoms with Gasteiger partial charge in [0.15, 0.2) is 0 Å². The van der Waals surface area contributed by atoms with E-state index in [2.05, 4.69) is 20.7 Å². The average molecular weight is 532 g/mol. The number of nitrogens with zero attached hydrogens (tertiary/aromatic N) is 4. The molecular formula is C24H23F3N6O5. The fraction of sp³-hybridized carbons (Fsp3) is 0.208. The first-order chi connectivity index (χ1) is 18.1. The minimum Gasteiger partial charge on any atom is -0.846 e. The molecule has 0 aliphatic rings. The van der Waals surface area contributed by atoms with Crippen molar-refractivity contribution in [3.05, 3.63) is 77.3 Å². The van der Waals surface area contributed by atoms with Gasteiger partial charge in [-0.15, -0.1) is 0 Å². The van der Waals surface area contributed by atoms with Gasteiger partial charge in [0.2, 0.25) is 11.3 Å². The summed E-state index contributed by atoms with van der Waals surface area (Å²) in [6.45, 7) is 3.63. The van der Waals surface area contributed by atoms with Crippen LogP contribution in [0.25, 0.3) is 11.1 Å². The lowest BCUT2D eigenvalue weighted by Gasteiger charge is -2.14. The first kappa shape index (κ1) is 27.9. The number of halogens is 3. The van der Waals surface area contributed by atoms with Crippen molar-refractivity contribution in [3.8, 4) is 11.1 Å². The Kier molecular flexibility index (Phi) is 8.81. The van der Waals surface area contributed by atoms with Crippen molar-refractivity contribution in [2.75, 3.05) is 11.9 Å². The number of alkyl halides is 3. The molecular weight excluding hydrogens is 509 g/mol. The van der Waals surface area contributed by atoms with E-state index >= 15 is 0 Å². The Bertz CT molecular complexity index is 1380. The Hall–Kier alpha value is -4.72. The first-order valence-electron chi connectivity index (χ1n) is 11.0. The van der Waals surface area contributed by atoms with Crippen molar-refractivity contribution in [2.45, 2.75) is 26.1 Å². The summed E-state index contributed by atoms with van der Waals surface area (Å²) in [5, 5.41) is 29.2. The van der Waals surface area contributed by atoms with Crippen molar-refractivity contribution in [1.29, 1.82) is 0 Å². The number of rotatable bonds is 6. The summed E-state index contributed by atoms with van der Waals surface area (Å²) in [5.74, 6) is 0.575. The van der Waals surface area contributed by atoms with Crippen LogP contribution in [0.2, 0.25) is 0 Å². The van der Waals surface area contributed by atoms with Gasteiger partial charge < -0.3 is 25.8 Å². The van der Waals surface area contributed by atoms with Gasteiger partial charge in [-0.3, -0.25) is 9.32 Å². The molecule has 0 unspecified atom stereocenters. The van der Waals surface area contributed by atoms with Crippen molar-refractivity contribution in [3.63, 3.8) is 0 Å². The maximum atomic E-state index is 12.9. The number of aromatic nitrogens is 3. The molecule has 200 valence electrons. The maximum Gasteiger partial charge on any atom is 0.416 e. The lowest BCUT2D eigenvalue weighted by atomic mass is 10.00. The van der Waals surface area contributed by atoms with E-state index in [1.54, 1.807) is 0 Å². The molecule has 1 atom stereocenters. The number of nitrogens with one attached hydrogen (secondary N) is 1. The van der Waals surface area contributed by atoms with Crippen LogP contribution in [0.15, 0.2) is 68.8 Å². The van der Waals surface area contributed by atoms with Crippen LogP contribution in [0.1, 0.15) is 28.6 Å². The molecule has 0 radical (unpaired) electrons. The van der Waals surface area contributed by atoms with Gasteiger partial charge in [-0.05, 0) is 42.3 Å². The highest BCUT2D eigenvalue weighted by Crippen LogP contribution is 2.31. The molecule has 2 heterocycles. The average Bonchev–Trinajstić information content (AvgIpc) is 3.46. The van der Waals surface area contributed by atoms with E-state index in [0.29, 0.717) is 5.76 Å². The molecule has 14 heteroatoms. The fourth-order valence-corrected chi connectivity index (χ4v) is 3.63. The largest absolute Gasteiger partial charge is 0.846 e. The van der Waals surface area contributed by atoms with Crippen molar-refractivity contribution < 1.29 is 41.9 Å². The zero-order valence-corrected chi connectivity index (χ0v) is 20.1. The number of amidine groups is 1. The highest BCUT2D eigenvalue weighted by molar-refractivity contribution is 5.87. The third-order valence-electron chi connectivity index (χ3n) is 5.28. The zero-order chi connectivity index (χ0) is 27.9. The van der Waals surface area contributed by atoms with Gasteiger partial charge in [0.25, 0.3) is 12.7 Å². The Labute approximate surface area is 214 Å². The quantitative estimate of drug-likeness (QED) is 0.146. The normalized spacial score (nSPS) is 12.4. The number of carboxylic acid groups (broad SMARTS) is 1. The second-order valence-electron chi connectivity index (χ2n) is 7.82. The van der Waals surface area contributed by atoms with Gasteiger partial charge in [0, 0.05) is 16.8 Å². The highest BCUT2D eigenvalue weighted by atomic mass is 19.4. The first-order valence-corrected chi connectivity index (χ1v) is 11.0. The van der Waals surface area contributed by atoms with Crippen LogP contribution in [0.5, 0.6) is 0 Å². The van der Waals surface area contributed by atoms with Crippen LogP contribution in [0, 0.1) is 13.8 Å². The fourth-order valence-electron chi connectivity index (χ4n) is 3.63. The topological polar surface area (TPSA) is 167 Å². The van der Waals surface area contributed by atoms with Crippen LogP contribution in [0.4, 0.5) is 24.7 Å². The second-order valence-corrected chi connectivity index (χ2v) is 7.82. The second kappa shape index (κ2) is 12.0. The predicted molar refractivity (Wildman–Crippen MR) is 126 cm³/mol. The molecule has 4 rings (SSSR count). The Morgan fingerprint density at radius 3 is 2.50 bits per heavy atom. The van der Waals surface area contributed by atoms with E-state index in [9.17, 15) is 18.3 Å². The summed E-state index contributed by atoms with van der Waals surface area (Å²) in [6.07, 6.45) is -3.15. The molecule has 0 saturated heterocycles. The minimum absolute atomic E-state index is 0.0563. The summed E-state index contributed by atoms with van der Waals surface area (Å²) >= 11 is 0. The Morgan fingerprint density at radius 2 is 1.92 bits per heavy atom. The smallest absolute Gasteiger partial charge is 0.416 e. The lowest BCUT2D eigenvalue weighted by Crippen LogP contribution is -2.45. The summed E-state index contributed by atoms with van der Waals surface area (Å²) in [7, 11) is 0. The highest BCUT2D eigenvalue weighted by Gasteiger charge is 2.30. The van der Waals surface area contributed by atoms with Crippen molar-refractivity contribution in [2.24, 2.45) is 10.7 Å². The SMILES string of the molecule is Cc1noc(C)c1-c1ccc([C@@H](CN)[n+]2cc(N=C([O-])Nc3cccc(C(F)(F)F)c3)on2)cc1.O=CO. The molecule has 0 bridgehead atoms. The zero-order valence-electron chi connectivity index (χ0n) is 20.1. The molecule has 2 aromatic carbocycles. The van der Waals surface area contributed by atoms with Gasteiger partial charge >= 0.3 is 12.1 Å². The number of aryl methyl sites for hydroxylation is 2. The predicted octanol–water partition coefficient (Wildman–Crippen LogP) is 2.96. The monoisotopic (exact) mass is 532 g/mol. The number of aliphatic imine (C=N–C) groups is 1. The van der Waals surface area contributed by atoms with Gasteiger partial charge in [0.05, 0.1) is 23.8 Å². The number of hydrogen-bond donors (Lipinski definition) is 3. The molecule has 0 fully saturated rings. The molecule has 0 amide bonds. The molecule has 38 heavy (non-hydrogen) atoms. The van der Waals surface area contributed by atoms with E-state index in [-0.39, 0.29) is 24.6 Å². The number of nitrogens with two attached hydrogens (primary N) is 1. The lowest BCUT2D eigenvalue weighted by molar-refractivity contribution is -0.775. The standard InChI is InChI=1S/C23H21F3N6O3.CH2O2/c1-13-21(14(2)34-30-13)16-8-6-15(7-9-16)19(11-27)32-12-20(35-31-32)29-22(33)28-18-5-3-4-17(10-18)23(24,25)26;2-1-3/h3-10,12,19H,11,27H2,1-2H3,(H-,28,29,31,33);1H,(H,2,3)/t19-;/m1./s1. The number of benzene rings is 2. The van der Waals surface area contributed by atoms with Crippen LogP contribution in [0.3, 0.4) is 0 Å². The molecule has 0 saturated carbocycles. The number of carbonyl (C=O) groups is 1. The van der Waals surface area contributed by atoms with Gasteiger partial charge in [0.1, 0.15) is 5.76 Å². The van der Waals surface area contributed by atoms with E-state index in [0.717, 1.165) is 34.5 Å². The van der Waals surface area contributed by atoms with E-state index in [1.807, 2.05) is 38.1 Å². The van der Waals surface area contributed by atoms with E-state index in [4.69, 9.17) is 24.7 Å². The Balaban J connectivity index is 0.00000127. The Morgan fingerprint density at radius 1 is 1.24 bits per heavy atom. The third kappa shape index (κ3) is 6.73. The van der Waals surface area contributed by atoms with Crippen LogP contribution in [-0.2, 0) is 11.0 Å². The molecule has 11 nitrogen and oxygen atoms in total. The summed E-state index contributed by atoms with van der Waals surface area (Å²) < 4.78 is 50.3. The van der Waals surface area contributed by atoms with E-state index < -0.39 is 23.8 Å². The summed E-state index contributed by atoms with van der Waals surface area (Å²) in [4.78, 5) is 12.1. The number of anilines is 1.